The van der Waals surface area contributed by atoms with Crippen LogP contribution in [0.3, 0.4) is 0 Å². The molecule has 0 saturated heterocycles. The third-order valence-electron chi connectivity index (χ3n) is 5.58. The molecule has 1 aromatic heterocycles. The molecule has 6 heteroatoms. The SMILES string of the molecule is CCn1nc(C(=O)N2CCN(C)Cc3ccccc32)c2c1[C@H](C)O[C@H](C)C2. The first-order valence-electron chi connectivity index (χ1n) is 9.83. The number of likely N-dealkylation sites (N-methyl/N-ethyl adjacent to an activating group) is 1. The van der Waals surface area contributed by atoms with E-state index in [0.717, 1.165) is 43.0 Å². The maximum absolute atomic E-state index is 13.6. The third kappa shape index (κ3) is 3.17. The molecule has 0 N–H and O–H groups in total. The Kier molecular flexibility index (Phi) is 4.78. The summed E-state index contributed by atoms with van der Waals surface area (Å²) in [6, 6.07) is 8.19. The number of aromatic nitrogens is 2. The average molecular weight is 368 g/mol. The number of carbonyl (C=O) groups is 1. The fraction of sp³-hybridized carbons (Fsp3) is 0.524. The highest BCUT2D eigenvalue weighted by atomic mass is 16.5. The maximum Gasteiger partial charge on any atom is 0.279 e. The molecule has 3 heterocycles. The topological polar surface area (TPSA) is 50.6 Å². The van der Waals surface area contributed by atoms with E-state index in [1.165, 1.54) is 5.56 Å². The largest absolute Gasteiger partial charge is 0.369 e. The summed E-state index contributed by atoms with van der Waals surface area (Å²) >= 11 is 0. The van der Waals surface area contributed by atoms with Gasteiger partial charge < -0.3 is 14.5 Å². The van der Waals surface area contributed by atoms with E-state index in [9.17, 15) is 4.79 Å². The fourth-order valence-electron chi connectivity index (χ4n) is 4.34. The van der Waals surface area contributed by atoms with Crippen LogP contribution < -0.4 is 4.90 Å². The first-order chi connectivity index (χ1) is 13.0. The van der Waals surface area contributed by atoms with E-state index < -0.39 is 0 Å². The number of hydrogen-bond donors (Lipinski definition) is 0. The highest BCUT2D eigenvalue weighted by Crippen LogP contribution is 2.34. The van der Waals surface area contributed by atoms with Gasteiger partial charge in [-0.1, -0.05) is 18.2 Å². The van der Waals surface area contributed by atoms with Gasteiger partial charge in [0.25, 0.3) is 5.91 Å². The van der Waals surface area contributed by atoms with Crippen LogP contribution in [0.4, 0.5) is 5.69 Å². The number of para-hydroxylation sites is 1. The molecule has 1 amide bonds. The maximum atomic E-state index is 13.6. The monoisotopic (exact) mass is 368 g/mol. The molecule has 27 heavy (non-hydrogen) atoms. The predicted octanol–water partition coefficient (Wildman–Crippen LogP) is 3.02. The van der Waals surface area contributed by atoms with Crippen LogP contribution in [0.2, 0.25) is 0 Å². The summed E-state index contributed by atoms with van der Waals surface area (Å²) in [6.45, 7) is 9.26. The van der Waals surface area contributed by atoms with Crippen LogP contribution >= 0.6 is 0 Å². The number of nitrogens with zero attached hydrogens (tertiary/aromatic N) is 4. The predicted molar refractivity (Wildman–Crippen MR) is 105 cm³/mol. The van der Waals surface area contributed by atoms with Gasteiger partial charge in [0.05, 0.1) is 17.9 Å². The van der Waals surface area contributed by atoms with Crippen molar-refractivity contribution in [3.63, 3.8) is 0 Å². The molecule has 4 rings (SSSR count). The number of anilines is 1. The molecule has 2 atom stereocenters. The first kappa shape index (κ1) is 18.2. The minimum atomic E-state index is -0.0414. The van der Waals surface area contributed by atoms with Gasteiger partial charge in [0.2, 0.25) is 0 Å². The number of carbonyl (C=O) groups excluding carboxylic acids is 1. The van der Waals surface area contributed by atoms with Crippen LogP contribution in [-0.2, 0) is 24.2 Å². The van der Waals surface area contributed by atoms with Crippen molar-refractivity contribution in [3.8, 4) is 0 Å². The van der Waals surface area contributed by atoms with Gasteiger partial charge in [0.1, 0.15) is 0 Å². The Labute approximate surface area is 160 Å². The molecule has 0 bridgehead atoms. The van der Waals surface area contributed by atoms with Gasteiger partial charge in [-0.25, -0.2) is 0 Å². The van der Waals surface area contributed by atoms with Gasteiger partial charge in [-0.15, -0.1) is 0 Å². The summed E-state index contributed by atoms with van der Waals surface area (Å²) in [7, 11) is 2.10. The van der Waals surface area contributed by atoms with E-state index in [2.05, 4.69) is 31.9 Å². The lowest BCUT2D eigenvalue weighted by Crippen LogP contribution is -2.36. The number of rotatable bonds is 2. The Balaban J connectivity index is 1.78. The van der Waals surface area contributed by atoms with Crippen molar-refractivity contribution in [2.45, 2.75) is 52.5 Å². The van der Waals surface area contributed by atoms with Crippen molar-refractivity contribution < 1.29 is 9.53 Å². The number of fused-ring (bicyclic) bond motifs is 2. The molecule has 0 saturated carbocycles. The molecule has 144 valence electrons. The smallest absolute Gasteiger partial charge is 0.279 e. The molecule has 1 aromatic carbocycles. The molecule has 2 aromatic rings. The summed E-state index contributed by atoms with van der Waals surface area (Å²) in [5.74, 6) is 0.00231. The van der Waals surface area contributed by atoms with Gasteiger partial charge in [-0.3, -0.25) is 9.48 Å². The summed E-state index contributed by atoms with van der Waals surface area (Å²) in [5.41, 5.74) is 4.88. The van der Waals surface area contributed by atoms with Gasteiger partial charge >= 0.3 is 0 Å². The molecule has 0 aliphatic carbocycles. The van der Waals surface area contributed by atoms with E-state index in [1.54, 1.807) is 0 Å². The summed E-state index contributed by atoms with van der Waals surface area (Å²) in [6.07, 6.45) is 0.785. The Hall–Kier alpha value is -2.18. The highest BCUT2D eigenvalue weighted by Gasteiger charge is 2.34. The van der Waals surface area contributed by atoms with E-state index >= 15 is 0 Å². The number of aryl methyl sites for hydroxylation is 1. The minimum absolute atomic E-state index is 0.00231. The second kappa shape index (κ2) is 7.09. The van der Waals surface area contributed by atoms with Crippen LogP contribution in [0.5, 0.6) is 0 Å². The summed E-state index contributed by atoms with van der Waals surface area (Å²) < 4.78 is 7.93. The molecule has 0 radical (unpaired) electrons. The molecule has 6 nitrogen and oxygen atoms in total. The quantitative estimate of drug-likeness (QED) is 0.818. The van der Waals surface area contributed by atoms with Gasteiger partial charge in [-0.05, 0) is 39.4 Å². The molecular formula is C21H28N4O2. The molecule has 0 fully saturated rings. The van der Waals surface area contributed by atoms with E-state index in [4.69, 9.17) is 9.84 Å². The van der Waals surface area contributed by atoms with E-state index in [1.807, 2.05) is 34.7 Å². The summed E-state index contributed by atoms with van der Waals surface area (Å²) in [5, 5.41) is 4.72. The minimum Gasteiger partial charge on any atom is -0.369 e. The lowest BCUT2D eigenvalue weighted by Gasteiger charge is -2.27. The molecular weight excluding hydrogens is 340 g/mol. The van der Waals surface area contributed by atoms with Crippen molar-refractivity contribution in [1.29, 1.82) is 0 Å². The molecule has 2 aliphatic rings. The Morgan fingerprint density at radius 2 is 2.04 bits per heavy atom. The van der Waals surface area contributed by atoms with Crippen molar-refractivity contribution >= 4 is 11.6 Å². The van der Waals surface area contributed by atoms with E-state index in [0.29, 0.717) is 12.2 Å². The second-order valence-electron chi connectivity index (χ2n) is 7.64. The molecule has 2 aliphatic heterocycles. The third-order valence-corrected chi connectivity index (χ3v) is 5.58. The lowest BCUT2D eigenvalue weighted by atomic mass is 9.99. The van der Waals surface area contributed by atoms with Gasteiger partial charge in [0, 0.05) is 43.9 Å². The summed E-state index contributed by atoms with van der Waals surface area (Å²) in [4.78, 5) is 17.8. The zero-order chi connectivity index (χ0) is 19.1. The van der Waals surface area contributed by atoms with Crippen molar-refractivity contribution in [2.75, 3.05) is 25.0 Å². The van der Waals surface area contributed by atoms with Crippen LogP contribution in [0, 0.1) is 0 Å². The molecule has 0 spiro atoms. The number of amides is 1. The second-order valence-corrected chi connectivity index (χ2v) is 7.64. The Morgan fingerprint density at radius 1 is 1.26 bits per heavy atom. The number of ether oxygens (including phenoxy) is 1. The fourth-order valence-corrected chi connectivity index (χ4v) is 4.34. The number of benzene rings is 1. The average Bonchev–Trinajstić information content (AvgIpc) is 2.92. The van der Waals surface area contributed by atoms with Gasteiger partial charge in [0.15, 0.2) is 5.69 Å². The normalized spacial score (nSPS) is 22.9. The van der Waals surface area contributed by atoms with Crippen LogP contribution in [0.25, 0.3) is 0 Å². The Morgan fingerprint density at radius 3 is 2.81 bits per heavy atom. The molecule has 0 unspecified atom stereocenters. The van der Waals surface area contributed by atoms with Crippen LogP contribution in [-0.4, -0.2) is 46.8 Å². The van der Waals surface area contributed by atoms with Crippen molar-refractivity contribution in [1.82, 2.24) is 14.7 Å². The van der Waals surface area contributed by atoms with Gasteiger partial charge in [-0.2, -0.15) is 5.10 Å². The first-order valence-corrected chi connectivity index (χ1v) is 9.83. The van der Waals surface area contributed by atoms with E-state index in [-0.39, 0.29) is 18.1 Å². The van der Waals surface area contributed by atoms with Crippen LogP contribution in [0.15, 0.2) is 24.3 Å². The van der Waals surface area contributed by atoms with Crippen LogP contribution in [0.1, 0.15) is 54.2 Å². The highest BCUT2D eigenvalue weighted by molar-refractivity contribution is 6.06. The Bertz CT molecular complexity index is 860. The van der Waals surface area contributed by atoms with Crippen molar-refractivity contribution in [3.05, 3.63) is 46.8 Å². The van der Waals surface area contributed by atoms with Crippen molar-refractivity contribution in [2.24, 2.45) is 0 Å². The standard InChI is InChI=1S/C21H28N4O2/c1-5-25-20-15(3)27-14(2)12-17(20)19(22-25)21(26)24-11-10-23(4)13-16-8-6-7-9-18(16)24/h6-9,14-15H,5,10-13H2,1-4H3/t14-,15+/m1/s1. The number of hydrogen-bond acceptors (Lipinski definition) is 4. The zero-order valence-electron chi connectivity index (χ0n) is 16.6. The zero-order valence-corrected chi connectivity index (χ0v) is 16.6. The lowest BCUT2D eigenvalue weighted by molar-refractivity contribution is -0.00947.